The lowest BCUT2D eigenvalue weighted by Crippen LogP contribution is -2.53. The highest BCUT2D eigenvalue weighted by Gasteiger charge is 2.33. The highest BCUT2D eigenvalue weighted by atomic mass is 32.2. The minimum absolute atomic E-state index is 0.194. The van der Waals surface area contributed by atoms with Gasteiger partial charge in [-0.25, -0.2) is 9.18 Å². The van der Waals surface area contributed by atoms with Crippen molar-refractivity contribution in [1.82, 2.24) is 15.5 Å². The molecule has 1 fully saturated rings. The first-order valence-electron chi connectivity index (χ1n) is 12.0. The number of benzene rings is 1. The predicted octanol–water partition coefficient (Wildman–Crippen LogP) is 3.15. The number of nitrogens with zero attached hydrogens (tertiary/aromatic N) is 1. The average Bonchev–Trinajstić information content (AvgIpc) is 2.81. The largest absolute Gasteiger partial charge is 0.444 e. The number of amides is 4. The maximum atomic E-state index is 13.1. The van der Waals surface area contributed by atoms with Gasteiger partial charge in [0.05, 0.1) is 0 Å². The van der Waals surface area contributed by atoms with Crippen molar-refractivity contribution in [2.24, 2.45) is 5.92 Å². The van der Waals surface area contributed by atoms with E-state index in [9.17, 15) is 23.6 Å². The van der Waals surface area contributed by atoms with Crippen molar-refractivity contribution in [3.63, 3.8) is 0 Å². The Morgan fingerprint density at radius 1 is 1.11 bits per heavy atom. The number of alkyl carbamates (subject to hydrolysis) is 1. The van der Waals surface area contributed by atoms with Crippen molar-refractivity contribution >= 4 is 41.3 Å². The van der Waals surface area contributed by atoms with Gasteiger partial charge in [-0.2, -0.15) is 11.8 Å². The van der Waals surface area contributed by atoms with Crippen LogP contribution in [0.25, 0.3) is 0 Å². The summed E-state index contributed by atoms with van der Waals surface area (Å²) >= 11 is 1.58. The van der Waals surface area contributed by atoms with Gasteiger partial charge in [0.1, 0.15) is 23.5 Å². The number of rotatable bonds is 9. The van der Waals surface area contributed by atoms with E-state index in [0.29, 0.717) is 43.8 Å². The Morgan fingerprint density at radius 2 is 1.72 bits per heavy atom. The average molecular weight is 525 g/mol. The summed E-state index contributed by atoms with van der Waals surface area (Å²) in [5, 5.41) is 8.05. The fraction of sp³-hybridized carbons (Fsp3) is 0.600. The zero-order chi connectivity index (χ0) is 26.9. The summed E-state index contributed by atoms with van der Waals surface area (Å²) in [6, 6.07) is 3.88. The standard InChI is InChI=1S/C25H37FN4O5S/c1-16(21(31)28-19-8-6-18(26)7-9-19)27-22(32)17-10-13-30(14-11-17)23(33)20(12-15-36-5)29-24(34)35-25(2,3)4/h6-9,16-17,20H,10-15H2,1-5H3,(H,27,32)(H,28,31)(H,29,34)/t16-,20-/m0/s1. The van der Waals surface area contributed by atoms with Gasteiger partial charge in [-0.3, -0.25) is 14.4 Å². The molecule has 200 valence electrons. The van der Waals surface area contributed by atoms with E-state index in [2.05, 4.69) is 16.0 Å². The number of thioether (sulfide) groups is 1. The van der Waals surface area contributed by atoms with Crippen LogP contribution in [-0.4, -0.2) is 71.5 Å². The molecule has 0 radical (unpaired) electrons. The zero-order valence-electron chi connectivity index (χ0n) is 21.6. The summed E-state index contributed by atoms with van der Waals surface area (Å²) in [6.45, 7) is 7.60. The van der Waals surface area contributed by atoms with Gasteiger partial charge in [0.25, 0.3) is 0 Å². The zero-order valence-corrected chi connectivity index (χ0v) is 22.4. The second kappa shape index (κ2) is 13.5. The lowest BCUT2D eigenvalue weighted by atomic mass is 9.95. The number of piperidine rings is 1. The van der Waals surface area contributed by atoms with Crippen LogP contribution in [0.2, 0.25) is 0 Å². The third kappa shape index (κ3) is 9.67. The van der Waals surface area contributed by atoms with Gasteiger partial charge in [0, 0.05) is 24.7 Å². The molecule has 1 aromatic carbocycles. The fourth-order valence-electron chi connectivity index (χ4n) is 3.71. The number of halogens is 1. The van der Waals surface area contributed by atoms with Crippen LogP contribution in [0.1, 0.15) is 47.0 Å². The molecule has 0 unspecified atom stereocenters. The van der Waals surface area contributed by atoms with Crippen LogP contribution in [0.5, 0.6) is 0 Å². The molecule has 2 atom stereocenters. The molecule has 0 spiro atoms. The summed E-state index contributed by atoms with van der Waals surface area (Å²) in [7, 11) is 0. The van der Waals surface area contributed by atoms with Crippen molar-refractivity contribution in [3.8, 4) is 0 Å². The molecular formula is C25H37FN4O5S. The molecule has 9 nitrogen and oxygen atoms in total. The van der Waals surface area contributed by atoms with E-state index >= 15 is 0 Å². The van der Waals surface area contributed by atoms with Crippen molar-refractivity contribution in [2.45, 2.75) is 64.6 Å². The number of hydrogen-bond donors (Lipinski definition) is 3. The van der Waals surface area contributed by atoms with E-state index in [1.165, 1.54) is 24.3 Å². The van der Waals surface area contributed by atoms with Crippen LogP contribution >= 0.6 is 11.8 Å². The smallest absolute Gasteiger partial charge is 0.408 e. The maximum Gasteiger partial charge on any atom is 0.408 e. The minimum atomic E-state index is -0.781. The van der Waals surface area contributed by atoms with Crippen LogP contribution in [0.3, 0.4) is 0 Å². The summed E-state index contributed by atoms with van der Waals surface area (Å²) in [5.41, 5.74) is -0.235. The molecule has 36 heavy (non-hydrogen) atoms. The van der Waals surface area contributed by atoms with Gasteiger partial charge in [-0.1, -0.05) is 0 Å². The van der Waals surface area contributed by atoms with Crippen LogP contribution in [0.4, 0.5) is 14.9 Å². The molecule has 1 aliphatic rings. The van der Waals surface area contributed by atoms with E-state index in [0.717, 1.165) is 0 Å². The number of nitrogens with one attached hydrogen (secondary N) is 3. The third-order valence-electron chi connectivity index (χ3n) is 5.64. The lowest BCUT2D eigenvalue weighted by molar-refractivity contribution is -0.137. The molecule has 0 aliphatic carbocycles. The number of carbonyl (C=O) groups excluding carboxylic acids is 4. The molecule has 11 heteroatoms. The van der Waals surface area contributed by atoms with Crippen LogP contribution in [0, 0.1) is 11.7 Å². The molecule has 0 saturated carbocycles. The minimum Gasteiger partial charge on any atom is -0.444 e. The predicted molar refractivity (Wildman–Crippen MR) is 138 cm³/mol. The molecule has 1 saturated heterocycles. The number of likely N-dealkylation sites (tertiary alicyclic amines) is 1. The van der Waals surface area contributed by atoms with Crippen molar-refractivity contribution < 1.29 is 28.3 Å². The molecular weight excluding hydrogens is 487 g/mol. The number of hydrogen-bond acceptors (Lipinski definition) is 6. The topological polar surface area (TPSA) is 117 Å². The monoisotopic (exact) mass is 524 g/mol. The molecule has 1 heterocycles. The Balaban J connectivity index is 1.86. The van der Waals surface area contributed by atoms with Crippen LogP contribution < -0.4 is 16.0 Å². The number of carbonyl (C=O) groups is 4. The second-order valence-electron chi connectivity index (χ2n) is 9.81. The summed E-state index contributed by atoms with van der Waals surface area (Å²) < 4.78 is 18.3. The van der Waals surface area contributed by atoms with Crippen LogP contribution in [-0.2, 0) is 19.1 Å². The number of ether oxygens (including phenoxy) is 1. The lowest BCUT2D eigenvalue weighted by Gasteiger charge is -2.34. The fourth-order valence-corrected chi connectivity index (χ4v) is 4.18. The van der Waals surface area contributed by atoms with Gasteiger partial charge in [-0.05, 0) is 83.2 Å². The highest BCUT2D eigenvalue weighted by molar-refractivity contribution is 7.98. The van der Waals surface area contributed by atoms with E-state index in [1.807, 2.05) is 6.26 Å². The summed E-state index contributed by atoms with van der Waals surface area (Å²) in [5.74, 6) is -0.903. The van der Waals surface area contributed by atoms with E-state index in [1.54, 1.807) is 44.4 Å². The van der Waals surface area contributed by atoms with Crippen molar-refractivity contribution in [1.29, 1.82) is 0 Å². The first-order chi connectivity index (χ1) is 16.9. The van der Waals surface area contributed by atoms with Gasteiger partial charge in [0.15, 0.2) is 0 Å². The first kappa shape index (κ1) is 29.4. The van der Waals surface area contributed by atoms with Crippen molar-refractivity contribution in [3.05, 3.63) is 30.1 Å². The van der Waals surface area contributed by atoms with Crippen LogP contribution in [0.15, 0.2) is 24.3 Å². The molecule has 1 aromatic rings. The molecule has 1 aliphatic heterocycles. The second-order valence-corrected chi connectivity index (χ2v) is 10.8. The van der Waals surface area contributed by atoms with Gasteiger partial charge in [-0.15, -0.1) is 0 Å². The Morgan fingerprint density at radius 3 is 2.28 bits per heavy atom. The quantitative estimate of drug-likeness (QED) is 0.457. The SMILES string of the molecule is CSCC[C@H](NC(=O)OC(C)(C)C)C(=O)N1CCC(C(=O)N[C@@H](C)C(=O)Nc2ccc(F)cc2)CC1. The van der Waals surface area contributed by atoms with Gasteiger partial charge < -0.3 is 25.6 Å². The molecule has 2 rings (SSSR count). The molecule has 4 amide bonds. The van der Waals surface area contributed by atoms with Crippen molar-refractivity contribution in [2.75, 3.05) is 30.4 Å². The Labute approximate surface area is 216 Å². The number of anilines is 1. The van der Waals surface area contributed by atoms with E-state index in [-0.39, 0.29) is 17.7 Å². The maximum absolute atomic E-state index is 13.1. The highest BCUT2D eigenvalue weighted by Crippen LogP contribution is 2.20. The van der Waals surface area contributed by atoms with E-state index < -0.39 is 35.5 Å². The summed E-state index contributed by atoms with van der Waals surface area (Å²) in [6.07, 6.45) is 2.67. The Hall–Kier alpha value is -2.82. The molecule has 3 N–H and O–H groups in total. The Bertz CT molecular complexity index is 914. The third-order valence-corrected chi connectivity index (χ3v) is 6.28. The Kier molecular flexibility index (Phi) is 11.0. The normalized spacial score (nSPS) is 16.0. The summed E-state index contributed by atoms with van der Waals surface area (Å²) in [4.78, 5) is 52.1. The molecule has 0 bridgehead atoms. The van der Waals surface area contributed by atoms with Gasteiger partial charge >= 0.3 is 6.09 Å². The van der Waals surface area contributed by atoms with E-state index in [4.69, 9.17) is 4.74 Å². The molecule has 0 aromatic heterocycles. The van der Waals surface area contributed by atoms with Gasteiger partial charge in [0.2, 0.25) is 17.7 Å². The first-order valence-corrected chi connectivity index (χ1v) is 13.4.